The number of hydrogen-bond acceptors (Lipinski definition) is 2. The lowest BCUT2D eigenvalue weighted by Crippen LogP contribution is -2.39. The van der Waals surface area contributed by atoms with Gasteiger partial charge >= 0.3 is 0 Å². The normalized spacial score (nSPS) is 16.1. The highest BCUT2D eigenvalue weighted by atomic mass is 32.2. The van der Waals surface area contributed by atoms with Gasteiger partial charge in [-0.15, -0.1) is 11.8 Å². The summed E-state index contributed by atoms with van der Waals surface area (Å²) in [5.74, 6) is 0.799. The monoisotopic (exact) mass is 300 g/mol. The van der Waals surface area contributed by atoms with Crippen molar-refractivity contribution in [3.8, 4) is 0 Å². The molecule has 0 radical (unpaired) electrons. The predicted molar refractivity (Wildman–Crippen MR) is 86.4 cm³/mol. The summed E-state index contributed by atoms with van der Waals surface area (Å²) in [5, 5.41) is 0. The van der Waals surface area contributed by atoms with Crippen molar-refractivity contribution in [2.24, 2.45) is 0 Å². The van der Waals surface area contributed by atoms with Crippen LogP contribution in [0.5, 0.6) is 0 Å². The lowest BCUT2D eigenvalue weighted by molar-refractivity contribution is -0.129. The predicted octanol–water partition coefficient (Wildman–Crippen LogP) is 3.44. The summed E-state index contributed by atoms with van der Waals surface area (Å²) in [5.41, 5.74) is 0. The molecular weight excluding hydrogens is 280 g/mol. The van der Waals surface area contributed by atoms with Gasteiger partial charge in [-0.25, -0.2) is 0 Å². The van der Waals surface area contributed by atoms with Gasteiger partial charge in [0.2, 0.25) is 5.91 Å². The number of nitrogens with zero attached hydrogens (tertiary/aromatic N) is 2. The van der Waals surface area contributed by atoms with E-state index in [1.165, 1.54) is 0 Å². The third kappa shape index (κ3) is 3.70. The van der Waals surface area contributed by atoms with E-state index in [9.17, 15) is 4.79 Å². The summed E-state index contributed by atoms with van der Waals surface area (Å²) in [6, 6.07) is 14.8. The lowest BCUT2D eigenvalue weighted by Gasteiger charge is -2.32. The molecule has 1 amide bonds. The van der Waals surface area contributed by atoms with Crippen molar-refractivity contribution in [3.05, 3.63) is 54.9 Å². The van der Waals surface area contributed by atoms with E-state index in [0.717, 1.165) is 30.8 Å². The molecule has 0 bridgehead atoms. The number of likely N-dealkylation sites (tertiary alicyclic amines) is 1. The summed E-state index contributed by atoms with van der Waals surface area (Å²) < 4.78 is 2.26. The van der Waals surface area contributed by atoms with Crippen molar-refractivity contribution in [3.63, 3.8) is 0 Å². The van der Waals surface area contributed by atoms with Crippen molar-refractivity contribution >= 4 is 17.7 Å². The van der Waals surface area contributed by atoms with E-state index in [4.69, 9.17) is 0 Å². The molecule has 0 atom stereocenters. The van der Waals surface area contributed by atoms with Crippen LogP contribution in [0.3, 0.4) is 0 Å². The highest BCUT2D eigenvalue weighted by molar-refractivity contribution is 8.00. The van der Waals surface area contributed by atoms with Crippen molar-refractivity contribution < 1.29 is 4.79 Å². The average Bonchev–Trinajstić information content (AvgIpc) is 3.08. The highest BCUT2D eigenvalue weighted by Gasteiger charge is 2.23. The molecule has 0 saturated carbocycles. The molecule has 1 aliphatic heterocycles. The Balaban J connectivity index is 1.47. The molecule has 0 aliphatic carbocycles. The molecule has 0 unspecified atom stereocenters. The van der Waals surface area contributed by atoms with E-state index in [1.54, 1.807) is 11.8 Å². The Morgan fingerprint density at radius 3 is 2.38 bits per heavy atom. The van der Waals surface area contributed by atoms with Crippen LogP contribution in [0, 0.1) is 0 Å². The first kappa shape index (κ1) is 14.3. The van der Waals surface area contributed by atoms with Crippen LogP contribution in [0.1, 0.15) is 18.9 Å². The maximum Gasteiger partial charge on any atom is 0.232 e. The van der Waals surface area contributed by atoms with Crippen LogP contribution in [0.2, 0.25) is 0 Å². The Morgan fingerprint density at radius 1 is 1.05 bits per heavy atom. The Hall–Kier alpha value is -1.68. The third-order valence-electron chi connectivity index (χ3n) is 3.97. The smallest absolute Gasteiger partial charge is 0.232 e. The van der Waals surface area contributed by atoms with Gasteiger partial charge in [0.25, 0.3) is 0 Å². The molecule has 1 aromatic carbocycles. The summed E-state index contributed by atoms with van der Waals surface area (Å²) in [4.78, 5) is 15.4. The zero-order valence-corrected chi connectivity index (χ0v) is 12.8. The van der Waals surface area contributed by atoms with Crippen LogP contribution in [0.4, 0.5) is 0 Å². The largest absolute Gasteiger partial charge is 0.351 e. The summed E-state index contributed by atoms with van der Waals surface area (Å²) in [6.45, 7) is 1.74. The molecule has 4 heteroatoms. The number of piperidine rings is 1. The van der Waals surface area contributed by atoms with Crippen LogP contribution in [-0.2, 0) is 4.79 Å². The fourth-order valence-corrected chi connectivity index (χ4v) is 3.58. The van der Waals surface area contributed by atoms with Gasteiger partial charge < -0.3 is 9.47 Å². The standard InChI is InChI=1S/C17H20N2OS/c20-17(14-21-16-6-2-1-3-7-16)19-12-8-15(9-13-19)18-10-4-5-11-18/h1-7,10-11,15H,8-9,12-14H2. The Labute approximate surface area is 130 Å². The van der Waals surface area contributed by atoms with Gasteiger partial charge in [0.05, 0.1) is 5.75 Å². The van der Waals surface area contributed by atoms with Crippen molar-refractivity contribution in [2.75, 3.05) is 18.8 Å². The number of carbonyl (C=O) groups excluding carboxylic acids is 1. The molecule has 2 heterocycles. The number of amides is 1. The molecule has 2 aromatic rings. The number of rotatable bonds is 4. The Kier molecular flexibility index (Phi) is 4.65. The number of benzene rings is 1. The number of thioether (sulfide) groups is 1. The van der Waals surface area contributed by atoms with Gasteiger partial charge in [0.15, 0.2) is 0 Å². The minimum Gasteiger partial charge on any atom is -0.351 e. The van der Waals surface area contributed by atoms with E-state index in [2.05, 4.69) is 41.2 Å². The Morgan fingerprint density at radius 2 is 1.71 bits per heavy atom. The van der Waals surface area contributed by atoms with Crippen LogP contribution in [0.15, 0.2) is 59.8 Å². The minimum atomic E-state index is 0.259. The second-order valence-electron chi connectivity index (χ2n) is 5.34. The van der Waals surface area contributed by atoms with Crippen LogP contribution >= 0.6 is 11.8 Å². The number of aromatic nitrogens is 1. The summed E-state index contributed by atoms with van der Waals surface area (Å²) >= 11 is 1.62. The van der Waals surface area contributed by atoms with E-state index in [0.29, 0.717) is 11.8 Å². The average molecular weight is 300 g/mol. The topological polar surface area (TPSA) is 25.2 Å². The zero-order valence-electron chi connectivity index (χ0n) is 12.0. The molecule has 3 rings (SSSR count). The number of hydrogen-bond donors (Lipinski definition) is 0. The van der Waals surface area contributed by atoms with Gasteiger partial charge in [-0.2, -0.15) is 0 Å². The van der Waals surface area contributed by atoms with Crippen molar-refractivity contribution in [1.29, 1.82) is 0 Å². The van der Waals surface area contributed by atoms with E-state index in [1.807, 2.05) is 23.1 Å². The van der Waals surface area contributed by atoms with Crippen LogP contribution in [0.25, 0.3) is 0 Å². The maximum absolute atomic E-state index is 12.3. The lowest BCUT2D eigenvalue weighted by atomic mass is 10.1. The molecule has 0 spiro atoms. The molecule has 110 valence electrons. The molecule has 1 fully saturated rings. The van der Waals surface area contributed by atoms with Crippen molar-refractivity contribution in [1.82, 2.24) is 9.47 Å². The molecule has 1 aromatic heterocycles. The molecule has 0 N–H and O–H groups in total. The Bertz CT molecular complexity index is 560. The van der Waals surface area contributed by atoms with Gasteiger partial charge in [0, 0.05) is 36.4 Å². The summed E-state index contributed by atoms with van der Waals surface area (Å²) in [6.07, 6.45) is 6.34. The van der Waals surface area contributed by atoms with E-state index < -0.39 is 0 Å². The van der Waals surface area contributed by atoms with Gasteiger partial charge in [-0.3, -0.25) is 4.79 Å². The van der Waals surface area contributed by atoms with Crippen LogP contribution < -0.4 is 0 Å². The maximum atomic E-state index is 12.3. The fourth-order valence-electron chi connectivity index (χ4n) is 2.76. The summed E-state index contributed by atoms with van der Waals surface area (Å²) in [7, 11) is 0. The van der Waals surface area contributed by atoms with Gasteiger partial charge in [-0.05, 0) is 37.1 Å². The van der Waals surface area contributed by atoms with Gasteiger partial charge in [-0.1, -0.05) is 18.2 Å². The highest BCUT2D eigenvalue weighted by Crippen LogP contribution is 2.24. The first-order valence-corrected chi connectivity index (χ1v) is 8.39. The quantitative estimate of drug-likeness (QED) is 0.808. The van der Waals surface area contributed by atoms with Crippen molar-refractivity contribution in [2.45, 2.75) is 23.8 Å². The number of carbonyl (C=O) groups is 1. The van der Waals surface area contributed by atoms with Crippen LogP contribution in [-0.4, -0.2) is 34.2 Å². The molecule has 3 nitrogen and oxygen atoms in total. The SMILES string of the molecule is O=C(CSc1ccccc1)N1CCC(n2cccc2)CC1. The fraction of sp³-hybridized carbons (Fsp3) is 0.353. The first-order chi connectivity index (χ1) is 10.3. The molecule has 21 heavy (non-hydrogen) atoms. The second kappa shape index (κ2) is 6.85. The zero-order chi connectivity index (χ0) is 14.5. The minimum absolute atomic E-state index is 0.259. The third-order valence-corrected chi connectivity index (χ3v) is 4.97. The molecular formula is C17H20N2OS. The van der Waals surface area contributed by atoms with E-state index in [-0.39, 0.29) is 5.91 Å². The molecule has 1 aliphatic rings. The van der Waals surface area contributed by atoms with Gasteiger partial charge in [0.1, 0.15) is 0 Å². The molecule has 1 saturated heterocycles. The first-order valence-electron chi connectivity index (χ1n) is 7.41. The van der Waals surface area contributed by atoms with E-state index >= 15 is 0 Å². The second-order valence-corrected chi connectivity index (χ2v) is 6.39.